The third-order valence-corrected chi connectivity index (χ3v) is 5.37. The lowest BCUT2D eigenvalue weighted by Gasteiger charge is -2.37. The highest BCUT2D eigenvalue weighted by molar-refractivity contribution is 5.93. The predicted molar refractivity (Wildman–Crippen MR) is 121 cm³/mol. The SMILES string of the molecule is C.[C-]#[N+]c1ccccc1N1CCN(c2ncnc3ccc(-c4cn[nH]c4)cc23)CC1. The lowest BCUT2D eigenvalue weighted by Crippen LogP contribution is -2.47. The fourth-order valence-corrected chi connectivity index (χ4v) is 3.87. The number of nitrogens with zero attached hydrogens (tertiary/aromatic N) is 6. The van der Waals surface area contributed by atoms with Crippen molar-refractivity contribution in [2.75, 3.05) is 36.0 Å². The number of para-hydroxylation sites is 2. The zero-order chi connectivity index (χ0) is 19.6. The molecule has 1 aliphatic heterocycles. The normalized spacial score (nSPS) is 13.7. The molecule has 7 nitrogen and oxygen atoms in total. The fraction of sp³-hybridized carbons (Fsp3) is 0.217. The minimum absolute atomic E-state index is 0. The number of aromatic nitrogens is 4. The molecule has 0 unspecified atom stereocenters. The monoisotopic (exact) mass is 397 g/mol. The summed E-state index contributed by atoms with van der Waals surface area (Å²) in [6.45, 7) is 10.8. The molecule has 2 aromatic carbocycles. The van der Waals surface area contributed by atoms with Crippen molar-refractivity contribution in [3.63, 3.8) is 0 Å². The van der Waals surface area contributed by atoms with Crippen LogP contribution in [0.15, 0.2) is 61.2 Å². The molecule has 30 heavy (non-hydrogen) atoms. The van der Waals surface area contributed by atoms with E-state index in [9.17, 15) is 0 Å². The molecule has 0 bridgehead atoms. The summed E-state index contributed by atoms with van der Waals surface area (Å²) in [5.41, 5.74) is 4.78. The summed E-state index contributed by atoms with van der Waals surface area (Å²) in [6, 6.07) is 14.0. The molecule has 0 aliphatic carbocycles. The molecule has 1 fully saturated rings. The van der Waals surface area contributed by atoms with E-state index >= 15 is 0 Å². The Kier molecular flexibility index (Phi) is 5.31. The van der Waals surface area contributed by atoms with Gasteiger partial charge in [-0.25, -0.2) is 14.8 Å². The fourth-order valence-electron chi connectivity index (χ4n) is 3.87. The van der Waals surface area contributed by atoms with E-state index < -0.39 is 0 Å². The highest BCUT2D eigenvalue weighted by atomic mass is 15.3. The third kappa shape index (κ3) is 3.44. The van der Waals surface area contributed by atoms with E-state index in [4.69, 9.17) is 6.57 Å². The molecule has 2 aromatic heterocycles. The van der Waals surface area contributed by atoms with Crippen LogP contribution in [0.2, 0.25) is 0 Å². The Morgan fingerprint density at radius 1 is 0.933 bits per heavy atom. The molecule has 150 valence electrons. The maximum absolute atomic E-state index is 7.41. The smallest absolute Gasteiger partial charge is 0.209 e. The second-order valence-electron chi connectivity index (χ2n) is 6.99. The molecule has 0 amide bonds. The van der Waals surface area contributed by atoms with Crippen molar-refractivity contribution in [3.8, 4) is 11.1 Å². The van der Waals surface area contributed by atoms with Crippen molar-refractivity contribution in [1.82, 2.24) is 20.2 Å². The molecule has 5 rings (SSSR count). The van der Waals surface area contributed by atoms with Crippen LogP contribution in [0.5, 0.6) is 0 Å². The Morgan fingerprint density at radius 2 is 1.73 bits per heavy atom. The summed E-state index contributed by atoms with van der Waals surface area (Å²) >= 11 is 0. The molecular formula is C23H23N7. The summed E-state index contributed by atoms with van der Waals surface area (Å²) in [5.74, 6) is 0.957. The minimum Gasteiger partial charge on any atom is -0.377 e. The molecule has 0 radical (unpaired) electrons. The standard InChI is InChI=1S/C22H19N7.CH4/c1-23-20-4-2-3-5-21(20)28-8-10-29(11-9-28)22-18-12-16(17-13-26-27-14-17)6-7-19(18)24-15-25-22;/h2-7,12-15H,8-11H2,(H,26,27);1H4. The van der Waals surface area contributed by atoms with Gasteiger partial charge in [0.1, 0.15) is 12.1 Å². The number of aromatic amines is 1. The van der Waals surface area contributed by atoms with Crippen LogP contribution < -0.4 is 9.80 Å². The average Bonchev–Trinajstić information content (AvgIpc) is 3.33. The largest absolute Gasteiger partial charge is 0.377 e. The molecule has 0 atom stereocenters. The van der Waals surface area contributed by atoms with E-state index in [0.29, 0.717) is 5.69 Å². The van der Waals surface area contributed by atoms with E-state index in [2.05, 4.69) is 46.9 Å². The molecule has 7 heteroatoms. The van der Waals surface area contributed by atoms with Crippen LogP contribution in [0, 0.1) is 6.57 Å². The van der Waals surface area contributed by atoms with Gasteiger partial charge in [0.2, 0.25) is 5.69 Å². The first kappa shape index (κ1) is 19.4. The second kappa shape index (κ2) is 8.21. The predicted octanol–water partition coefficient (Wildman–Crippen LogP) is 4.53. The van der Waals surface area contributed by atoms with Gasteiger partial charge in [-0.15, -0.1) is 0 Å². The molecule has 1 saturated heterocycles. The lowest BCUT2D eigenvalue weighted by atomic mass is 10.1. The summed E-state index contributed by atoms with van der Waals surface area (Å²) in [7, 11) is 0. The van der Waals surface area contributed by atoms with Gasteiger partial charge in [-0.3, -0.25) is 5.10 Å². The Bertz CT molecular complexity index is 1190. The summed E-state index contributed by atoms with van der Waals surface area (Å²) in [4.78, 5) is 17.3. The van der Waals surface area contributed by atoms with Crippen molar-refractivity contribution in [2.24, 2.45) is 0 Å². The Labute approximate surface area is 175 Å². The van der Waals surface area contributed by atoms with Gasteiger partial charge in [-0.2, -0.15) is 5.10 Å². The van der Waals surface area contributed by atoms with Gasteiger partial charge in [0.05, 0.1) is 18.3 Å². The Balaban J connectivity index is 0.00000218. The first-order valence-electron chi connectivity index (χ1n) is 9.54. The molecule has 4 aromatic rings. The Morgan fingerprint density at radius 3 is 2.50 bits per heavy atom. The maximum atomic E-state index is 7.41. The van der Waals surface area contributed by atoms with E-state index in [1.54, 1.807) is 6.33 Å². The lowest BCUT2D eigenvalue weighted by molar-refractivity contribution is 0.649. The molecule has 1 aliphatic rings. The topological polar surface area (TPSA) is 65.3 Å². The number of hydrogen-bond acceptors (Lipinski definition) is 5. The molecule has 3 heterocycles. The van der Waals surface area contributed by atoms with E-state index in [-0.39, 0.29) is 7.43 Å². The molecule has 0 spiro atoms. The number of fused-ring (bicyclic) bond motifs is 1. The van der Waals surface area contributed by atoms with Crippen molar-refractivity contribution in [3.05, 3.63) is 72.6 Å². The van der Waals surface area contributed by atoms with E-state index in [0.717, 1.165) is 59.7 Å². The van der Waals surface area contributed by atoms with Gasteiger partial charge >= 0.3 is 0 Å². The van der Waals surface area contributed by atoms with E-state index in [1.807, 2.05) is 42.7 Å². The highest BCUT2D eigenvalue weighted by Crippen LogP contribution is 2.32. The number of benzene rings is 2. The number of rotatable bonds is 3. The van der Waals surface area contributed by atoms with Gasteiger partial charge in [-0.05, 0) is 23.8 Å². The van der Waals surface area contributed by atoms with Gasteiger partial charge in [0.25, 0.3) is 0 Å². The Hall–Kier alpha value is -3.92. The minimum atomic E-state index is 0. The quantitative estimate of drug-likeness (QED) is 0.515. The first-order valence-corrected chi connectivity index (χ1v) is 9.54. The number of H-pyrrole nitrogens is 1. The van der Waals surface area contributed by atoms with Crippen LogP contribution >= 0.6 is 0 Å². The zero-order valence-corrected chi connectivity index (χ0v) is 15.8. The van der Waals surface area contributed by atoms with Gasteiger partial charge < -0.3 is 9.80 Å². The van der Waals surface area contributed by atoms with Crippen LogP contribution in [0.25, 0.3) is 26.9 Å². The van der Waals surface area contributed by atoms with Gasteiger partial charge in [0, 0.05) is 49.0 Å². The van der Waals surface area contributed by atoms with Crippen LogP contribution in [0.1, 0.15) is 7.43 Å². The second-order valence-corrected chi connectivity index (χ2v) is 6.99. The van der Waals surface area contributed by atoms with Crippen LogP contribution in [0.3, 0.4) is 0 Å². The zero-order valence-electron chi connectivity index (χ0n) is 15.8. The van der Waals surface area contributed by atoms with Crippen molar-refractivity contribution in [1.29, 1.82) is 0 Å². The number of nitrogens with one attached hydrogen (secondary N) is 1. The maximum Gasteiger partial charge on any atom is 0.209 e. The third-order valence-electron chi connectivity index (χ3n) is 5.37. The summed E-state index contributed by atoms with van der Waals surface area (Å²) < 4.78 is 0. The van der Waals surface area contributed by atoms with E-state index in [1.165, 1.54) is 0 Å². The van der Waals surface area contributed by atoms with Crippen molar-refractivity contribution < 1.29 is 0 Å². The van der Waals surface area contributed by atoms with Crippen molar-refractivity contribution in [2.45, 2.75) is 7.43 Å². The van der Waals surface area contributed by atoms with Gasteiger partial charge in [0.15, 0.2) is 0 Å². The summed E-state index contributed by atoms with van der Waals surface area (Å²) in [6.07, 6.45) is 5.34. The van der Waals surface area contributed by atoms with Crippen LogP contribution in [0.4, 0.5) is 17.2 Å². The van der Waals surface area contributed by atoms with Crippen LogP contribution in [-0.4, -0.2) is 46.3 Å². The summed E-state index contributed by atoms with van der Waals surface area (Å²) in [5, 5.41) is 7.96. The highest BCUT2D eigenvalue weighted by Gasteiger charge is 2.21. The van der Waals surface area contributed by atoms with Gasteiger partial charge in [-0.1, -0.05) is 31.7 Å². The number of hydrogen-bond donors (Lipinski definition) is 1. The van der Waals surface area contributed by atoms with Crippen LogP contribution in [-0.2, 0) is 0 Å². The number of anilines is 2. The number of piperazine rings is 1. The molecule has 1 N–H and O–H groups in total. The van der Waals surface area contributed by atoms with Crippen molar-refractivity contribution >= 4 is 28.1 Å². The first-order chi connectivity index (χ1) is 14.3. The average molecular weight is 397 g/mol. The molecular weight excluding hydrogens is 374 g/mol. The molecule has 0 saturated carbocycles.